The highest BCUT2D eigenvalue weighted by Crippen LogP contribution is 2.20. The molecule has 3 rings (SSSR count). The van der Waals surface area contributed by atoms with E-state index >= 15 is 0 Å². The summed E-state index contributed by atoms with van der Waals surface area (Å²) < 4.78 is 13.0. The first-order chi connectivity index (χ1) is 13.5. The van der Waals surface area contributed by atoms with Crippen molar-refractivity contribution in [1.29, 1.82) is 0 Å². The average Bonchev–Trinajstić information content (AvgIpc) is 3.13. The molecule has 0 aliphatic rings. The monoisotopic (exact) mass is 400 g/mol. The molecule has 3 aromatic rings. The quantitative estimate of drug-likeness (QED) is 0.590. The minimum absolute atomic E-state index is 0.101. The molecule has 2 aromatic carbocycles. The number of rotatable bonds is 8. The van der Waals surface area contributed by atoms with Gasteiger partial charge in [-0.25, -0.2) is 4.39 Å². The van der Waals surface area contributed by atoms with Crippen LogP contribution in [0.3, 0.4) is 0 Å². The van der Waals surface area contributed by atoms with E-state index in [1.165, 1.54) is 12.1 Å². The number of halogens is 2. The Bertz CT molecular complexity index is 926. The van der Waals surface area contributed by atoms with Gasteiger partial charge < -0.3 is 5.32 Å². The third kappa shape index (κ3) is 5.65. The lowest BCUT2D eigenvalue weighted by molar-refractivity contribution is -0.117. The van der Waals surface area contributed by atoms with E-state index in [-0.39, 0.29) is 18.3 Å². The first kappa shape index (κ1) is 20.0. The van der Waals surface area contributed by atoms with E-state index in [4.69, 9.17) is 11.6 Å². The fraction of sp³-hybridized carbons (Fsp3) is 0.238. The minimum Gasteiger partial charge on any atom is -0.324 e. The van der Waals surface area contributed by atoms with E-state index in [0.29, 0.717) is 10.7 Å². The molecular formula is C21H22ClFN4O. The smallest absolute Gasteiger partial charge is 0.238 e. The van der Waals surface area contributed by atoms with E-state index in [9.17, 15) is 9.18 Å². The molecule has 7 heteroatoms. The standard InChI is InChI=1S/C21H22ClFN4O/c1-27(14-21(28)24-19-7-3-2-6-18(19)22)12-4-5-17-13-20(26-25-17)15-8-10-16(23)11-9-15/h2-3,6-11,13H,4-5,12,14H2,1H3,(H,24,28)(H,25,26). The van der Waals surface area contributed by atoms with Crippen LogP contribution in [-0.2, 0) is 11.2 Å². The Morgan fingerprint density at radius 2 is 1.96 bits per heavy atom. The molecule has 0 spiro atoms. The summed E-state index contributed by atoms with van der Waals surface area (Å²) in [6.07, 6.45) is 1.69. The molecule has 0 fully saturated rings. The SMILES string of the molecule is CN(CCCc1cc(-c2ccc(F)cc2)n[nH]1)CC(=O)Nc1ccccc1Cl. The third-order valence-corrected chi connectivity index (χ3v) is 4.65. The molecule has 28 heavy (non-hydrogen) atoms. The van der Waals surface area contributed by atoms with Crippen LogP contribution in [0.2, 0.25) is 5.02 Å². The van der Waals surface area contributed by atoms with Crippen LogP contribution in [0, 0.1) is 5.82 Å². The molecule has 0 aliphatic heterocycles. The first-order valence-corrected chi connectivity index (χ1v) is 9.42. The van der Waals surface area contributed by atoms with Gasteiger partial charge >= 0.3 is 0 Å². The van der Waals surface area contributed by atoms with Crippen molar-refractivity contribution in [2.45, 2.75) is 12.8 Å². The zero-order chi connectivity index (χ0) is 19.9. The number of para-hydroxylation sites is 1. The molecule has 1 heterocycles. The van der Waals surface area contributed by atoms with Gasteiger partial charge in [0.25, 0.3) is 0 Å². The van der Waals surface area contributed by atoms with Crippen LogP contribution in [0.25, 0.3) is 11.3 Å². The second-order valence-corrected chi connectivity index (χ2v) is 7.06. The van der Waals surface area contributed by atoms with Gasteiger partial charge in [0.15, 0.2) is 0 Å². The van der Waals surface area contributed by atoms with Gasteiger partial charge in [0, 0.05) is 11.3 Å². The van der Waals surface area contributed by atoms with Gasteiger partial charge in [0.1, 0.15) is 5.82 Å². The maximum atomic E-state index is 13.0. The zero-order valence-corrected chi connectivity index (χ0v) is 16.3. The minimum atomic E-state index is -0.263. The largest absolute Gasteiger partial charge is 0.324 e. The fourth-order valence-corrected chi connectivity index (χ4v) is 3.06. The van der Waals surface area contributed by atoms with Crippen LogP contribution < -0.4 is 5.32 Å². The molecular weight excluding hydrogens is 379 g/mol. The Balaban J connectivity index is 1.43. The predicted octanol–water partition coefficient (Wildman–Crippen LogP) is 4.37. The summed E-state index contributed by atoms with van der Waals surface area (Å²) in [5.74, 6) is -0.364. The summed E-state index contributed by atoms with van der Waals surface area (Å²) in [5.41, 5.74) is 3.29. The maximum absolute atomic E-state index is 13.0. The van der Waals surface area contributed by atoms with Gasteiger partial charge in [-0.2, -0.15) is 5.10 Å². The number of carbonyl (C=O) groups excluding carboxylic acids is 1. The normalized spacial score (nSPS) is 11.0. The van der Waals surface area contributed by atoms with Crippen molar-refractivity contribution in [3.63, 3.8) is 0 Å². The maximum Gasteiger partial charge on any atom is 0.238 e. The lowest BCUT2D eigenvalue weighted by Crippen LogP contribution is -2.31. The highest BCUT2D eigenvalue weighted by atomic mass is 35.5. The molecule has 0 bridgehead atoms. The molecule has 1 aromatic heterocycles. The summed E-state index contributed by atoms with van der Waals surface area (Å²) in [4.78, 5) is 14.1. The number of aryl methyl sites for hydroxylation is 1. The van der Waals surface area contributed by atoms with Crippen LogP contribution in [0.1, 0.15) is 12.1 Å². The number of hydrogen-bond acceptors (Lipinski definition) is 3. The average molecular weight is 401 g/mol. The molecule has 0 radical (unpaired) electrons. The molecule has 1 amide bonds. The van der Waals surface area contributed by atoms with Gasteiger partial charge in [-0.1, -0.05) is 23.7 Å². The summed E-state index contributed by atoms with van der Waals surface area (Å²) >= 11 is 6.05. The van der Waals surface area contributed by atoms with Crippen molar-refractivity contribution >= 4 is 23.2 Å². The van der Waals surface area contributed by atoms with E-state index < -0.39 is 0 Å². The van der Waals surface area contributed by atoms with E-state index in [1.54, 1.807) is 24.3 Å². The lowest BCUT2D eigenvalue weighted by atomic mass is 10.1. The van der Waals surface area contributed by atoms with Gasteiger partial charge in [-0.05, 0) is 68.9 Å². The van der Waals surface area contributed by atoms with E-state index in [0.717, 1.165) is 36.3 Å². The van der Waals surface area contributed by atoms with Crippen LogP contribution in [0.4, 0.5) is 10.1 Å². The number of aromatic nitrogens is 2. The highest BCUT2D eigenvalue weighted by Gasteiger charge is 2.09. The van der Waals surface area contributed by atoms with Crippen LogP contribution in [-0.4, -0.2) is 41.1 Å². The predicted molar refractivity (Wildman–Crippen MR) is 110 cm³/mol. The Morgan fingerprint density at radius 1 is 1.21 bits per heavy atom. The van der Waals surface area contributed by atoms with Crippen LogP contribution in [0.5, 0.6) is 0 Å². The number of amides is 1. The number of nitrogens with zero attached hydrogens (tertiary/aromatic N) is 2. The molecule has 0 saturated heterocycles. The Labute approximate surface area is 168 Å². The Kier molecular flexibility index (Phi) is 6.79. The van der Waals surface area contributed by atoms with Crippen LogP contribution in [0.15, 0.2) is 54.6 Å². The molecule has 0 unspecified atom stereocenters. The van der Waals surface area contributed by atoms with Crippen molar-refractivity contribution in [3.05, 3.63) is 71.1 Å². The number of likely N-dealkylation sites (N-methyl/N-ethyl adjacent to an activating group) is 1. The second-order valence-electron chi connectivity index (χ2n) is 6.65. The summed E-state index contributed by atoms with van der Waals surface area (Å²) in [6, 6.07) is 15.4. The van der Waals surface area contributed by atoms with Gasteiger partial charge in [0.2, 0.25) is 5.91 Å². The Hall–Kier alpha value is -2.70. The van der Waals surface area contributed by atoms with Crippen molar-refractivity contribution in [2.75, 3.05) is 25.5 Å². The molecule has 146 valence electrons. The van der Waals surface area contributed by atoms with Crippen molar-refractivity contribution in [1.82, 2.24) is 15.1 Å². The number of aromatic amines is 1. The topological polar surface area (TPSA) is 61.0 Å². The first-order valence-electron chi connectivity index (χ1n) is 9.04. The summed E-state index contributed by atoms with van der Waals surface area (Å²) in [7, 11) is 1.91. The molecule has 5 nitrogen and oxygen atoms in total. The van der Waals surface area contributed by atoms with Gasteiger partial charge in [0.05, 0.1) is 22.9 Å². The number of hydrogen-bond donors (Lipinski definition) is 2. The van der Waals surface area contributed by atoms with Gasteiger partial charge in [-0.15, -0.1) is 0 Å². The highest BCUT2D eigenvalue weighted by molar-refractivity contribution is 6.33. The van der Waals surface area contributed by atoms with Crippen molar-refractivity contribution < 1.29 is 9.18 Å². The lowest BCUT2D eigenvalue weighted by Gasteiger charge is -2.16. The molecule has 2 N–H and O–H groups in total. The van der Waals surface area contributed by atoms with E-state index in [2.05, 4.69) is 15.5 Å². The molecule has 0 aliphatic carbocycles. The van der Waals surface area contributed by atoms with E-state index in [1.807, 2.05) is 30.1 Å². The fourth-order valence-electron chi connectivity index (χ4n) is 2.87. The third-order valence-electron chi connectivity index (χ3n) is 4.32. The number of benzene rings is 2. The second kappa shape index (κ2) is 9.48. The molecule has 0 atom stereocenters. The molecule has 0 saturated carbocycles. The van der Waals surface area contributed by atoms with Crippen LogP contribution >= 0.6 is 11.6 Å². The number of anilines is 1. The number of nitrogens with one attached hydrogen (secondary N) is 2. The number of H-pyrrole nitrogens is 1. The van der Waals surface area contributed by atoms with Crippen molar-refractivity contribution in [3.8, 4) is 11.3 Å². The van der Waals surface area contributed by atoms with Gasteiger partial charge in [-0.3, -0.25) is 14.8 Å². The summed E-state index contributed by atoms with van der Waals surface area (Å²) in [6.45, 7) is 1.05. The zero-order valence-electron chi connectivity index (χ0n) is 15.6. The number of carbonyl (C=O) groups is 1. The van der Waals surface area contributed by atoms with Crippen molar-refractivity contribution in [2.24, 2.45) is 0 Å². The Morgan fingerprint density at radius 3 is 2.71 bits per heavy atom. The summed E-state index contributed by atoms with van der Waals surface area (Å²) in [5, 5.41) is 10.6.